The molecule has 2 unspecified atom stereocenters. The molecule has 19 heteroatoms. The van der Waals surface area contributed by atoms with Crippen LogP contribution >= 0.6 is 15.6 Å². The molecule has 0 aromatic carbocycles. The summed E-state index contributed by atoms with van der Waals surface area (Å²) in [6, 6.07) is 0. The molecular formula is C79H154O17P2. The Kier molecular flexibility index (Phi) is 69.3. The Balaban J connectivity index is 5.23. The Bertz CT molecular complexity index is 1890. The van der Waals surface area contributed by atoms with Gasteiger partial charge in [0, 0.05) is 25.7 Å². The molecule has 0 spiro atoms. The standard InChI is InChI=1S/C79H154O17P2/c1-7-9-11-13-15-17-19-21-22-23-24-25-26-27-29-35-39-45-52-58-64-79(84)95-74(67-89-76(81)61-55-49-43-37-33-31-30-32-36-41-47-53-59-71(3)4)69-93-97(85,86)91-65-73(80)66-92-98(87,88)94-70-75(68-90-77(82)62-56-50-46-40-42-48-54-60-72(5)6)96-78(83)63-57-51-44-38-34-28-20-18-16-14-12-10-8-2/h71-75,80H,7-70H2,1-6H3,(H,85,86)(H,87,88)/t73-,74-,75-/m1/s1. The Morgan fingerprint density at radius 1 is 0.276 bits per heavy atom. The second-order valence-electron chi connectivity index (χ2n) is 29.4. The average molecular weight is 1440 g/mol. The fraction of sp³-hybridized carbons (Fsp3) is 0.949. The lowest BCUT2D eigenvalue weighted by atomic mass is 10.0. The predicted octanol–water partition coefficient (Wildman–Crippen LogP) is 23.5. The summed E-state index contributed by atoms with van der Waals surface area (Å²) in [6.07, 6.45) is 59.7. The minimum Gasteiger partial charge on any atom is -0.462 e. The van der Waals surface area contributed by atoms with Crippen molar-refractivity contribution < 1.29 is 80.2 Å². The van der Waals surface area contributed by atoms with E-state index in [2.05, 4.69) is 41.5 Å². The van der Waals surface area contributed by atoms with Gasteiger partial charge >= 0.3 is 39.5 Å². The number of rotatable bonds is 78. The number of carbonyl (C=O) groups excluding carboxylic acids is 4. The third-order valence-corrected chi connectivity index (χ3v) is 20.4. The molecule has 98 heavy (non-hydrogen) atoms. The lowest BCUT2D eigenvalue weighted by Crippen LogP contribution is -2.30. The smallest absolute Gasteiger partial charge is 0.462 e. The highest BCUT2D eigenvalue weighted by molar-refractivity contribution is 7.47. The Hall–Kier alpha value is -1.94. The zero-order chi connectivity index (χ0) is 72.1. The monoisotopic (exact) mass is 1440 g/mol. The van der Waals surface area contributed by atoms with Gasteiger partial charge in [-0.15, -0.1) is 0 Å². The van der Waals surface area contributed by atoms with Crippen molar-refractivity contribution in [3.8, 4) is 0 Å². The van der Waals surface area contributed by atoms with Crippen LogP contribution in [0.3, 0.4) is 0 Å². The van der Waals surface area contributed by atoms with E-state index in [0.717, 1.165) is 102 Å². The number of esters is 4. The number of hydrogen-bond acceptors (Lipinski definition) is 15. The largest absolute Gasteiger partial charge is 0.472 e. The summed E-state index contributed by atoms with van der Waals surface area (Å²) >= 11 is 0. The number of aliphatic hydroxyl groups excluding tert-OH is 1. The molecular weight excluding hydrogens is 1280 g/mol. The summed E-state index contributed by atoms with van der Waals surface area (Å²) in [7, 11) is -9.92. The molecule has 0 amide bonds. The zero-order valence-electron chi connectivity index (χ0n) is 64.1. The van der Waals surface area contributed by atoms with E-state index in [4.69, 9.17) is 37.0 Å². The van der Waals surface area contributed by atoms with Crippen LogP contribution in [0, 0.1) is 11.8 Å². The second-order valence-corrected chi connectivity index (χ2v) is 32.3. The molecule has 0 aromatic heterocycles. The van der Waals surface area contributed by atoms with Gasteiger partial charge in [0.2, 0.25) is 0 Å². The van der Waals surface area contributed by atoms with Gasteiger partial charge in [-0.05, 0) is 37.5 Å². The van der Waals surface area contributed by atoms with Gasteiger partial charge in [0.25, 0.3) is 0 Å². The third kappa shape index (κ3) is 72.4. The first-order valence-corrected chi connectivity index (χ1v) is 44.0. The number of carbonyl (C=O) groups is 4. The van der Waals surface area contributed by atoms with E-state index in [1.807, 2.05) is 0 Å². The van der Waals surface area contributed by atoms with E-state index in [-0.39, 0.29) is 25.7 Å². The minimum absolute atomic E-state index is 0.107. The zero-order valence-corrected chi connectivity index (χ0v) is 65.9. The lowest BCUT2D eigenvalue weighted by Gasteiger charge is -2.21. The van der Waals surface area contributed by atoms with Gasteiger partial charge < -0.3 is 33.8 Å². The molecule has 0 aromatic rings. The van der Waals surface area contributed by atoms with Crippen molar-refractivity contribution in [3.05, 3.63) is 0 Å². The summed E-state index contributed by atoms with van der Waals surface area (Å²) in [4.78, 5) is 72.9. The van der Waals surface area contributed by atoms with Crippen LogP contribution in [-0.2, 0) is 65.4 Å². The van der Waals surface area contributed by atoms with Gasteiger partial charge in [0.1, 0.15) is 19.3 Å². The highest BCUT2D eigenvalue weighted by atomic mass is 31.2. The Morgan fingerprint density at radius 2 is 0.469 bits per heavy atom. The first kappa shape index (κ1) is 96.1. The van der Waals surface area contributed by atoms with Crippen molar-refractivity contribution in [2.75, 3.05) is 39.6 Å². The molecule has 3 N–H and O–H groups in total. The van der Waals surface area contributed by atoms with E-state index in [0.29, 0.717) is 31.6 Å². The molecule has 0 rings (SSSR count). The summed E-state index contributed by atoms with van der Waals surface area (Å²) < 4.78 is 68.6. The molecule has 0 heterocycles. The van der Waals surface area contributed by atoms with E-state index >= 15 is 0 Å². The van der Waals surface area contributed by atoms with E-state index in [1.54, 1.807) is 0 Å². The van der Waals surface area contributed by atoms with Gasteiger partial charge in [-0.3, -0.25) is 37.3 Å². The lowest BCUT2D eigenvalue weighted by molar-refractivity contribution is -0.161. The highest BCUT2D eigenvalue weighted by Gasteiger charge is 2.30. The predicted molar refractivity (Wildman–Crippen MR) is 400 cm³/mol. The van der Waals surface area contributed by atoms with Crippen LogP contribution in [0.4, 0.5) is 0 Å². The molecule has 0 bridgehead atoms. The van der Waals surface area contributed by atoms with Crippen LogP contribution in [0.25, 0.3) is 0 Å². The molecule has 17 nitrogen and oxygen atoms in total. The fourth-order valence-corrected chi connectivity index (χ4v) is 13.8. The SMILES string of the molecule is CCCCCCCCCCCCCCCCCCCCCCC(=O)O[C@H](COC(=O)CCCCCCCCCCCCCCC(C)C)COP(=O)(O)OC[C@@H](O)COP(=O)(O)OC[C@@H](COC(=O)CCCCCCCCCC(C)C)OC(=O)CCCCCCCCCCCCCCC. The van der Waals surface area contributed by atoms with Crippen LogP contribution in [0.5, 0.6) is 0 Å². The number of ether oxygens (including phenoxy) is 4. The maximum absolute atomic E-state index is 13.1. The summed E-state index contributed by atoms with van der Waals surface area (Å²) in [6.45, 7) is 9.58. The van der Waals surface area contributed by atoms with Gasteiger partial charge in [0.15, 0.2) is 12.2 Å². The van der Waals surface area contributed by atoms with Gasteiger partial charge in [-0.1, -0.05) is 363 Å². The van der Waals surface area contributed by atoms with Crippen molar-refractivity contribution in [2.45, 2.75) is 432 Å². The van der Waals surface area contributed by atoms with E-state index in [1.165, 1.54) is 225 Å². The van der Waals surface area contributed by atoms with Gasteiger partial charge in [-0.2, -0.15) is 0 Å². The Labute approximate surface area is 600 Å². The number of hydrogen-bond donors (Lipinski definition) is 3. The number of unbranched alkanes of at least 4 members (excludes halogenated alkanes) is 48. The summed E-state index contributed by atoms with van der Waals surface area (Å²) in [5, 5.41) is 10.6. The van der Waals surface area contributed by atoms with Gasteiger partial charge in [0.05, 0.1) is 26.4 Å². The van der Waals surface area contributed by atoms with Crippen LogP contribution in [-0.4, -0.2) is 96.7 Å². The van der Waals surface area contributed by atoms with Crippen molar-refractivity contribution >= 4 is 39.5 Å². The minimum atomic E-state index is -4.96. The number of aliphatic hydroxyl groups is 1. The second kappa shape index (κ2) is 70.7. The van der Waals surface area contributed by atoms with E-state index in [9.17, 15) is 43.2 Å². The molecule has 0 radical (unpaired) electrons. The molecule has 0 aliphatic carbocycles. The molecule has 0 saturated carbocycles. The van der Waals surface area contributed by atoms with Crippen LogP contribution < -0.4 is 0 Å². The van der Waals surface area contributed by atoms with Crippen molar-refractivity contribution in [1.29, 1.82) is 0 Å². The molecule has 582 valence electrons. The molecule has 0 saturated heterocycles. The quantitative estimate of drug-likeness (QED) is 0.0222. The van der Waals surface area contributed by atoms with Crippen molar-refractivity contribution in [3.63, 3.8) is 0 Å². The highest BCUT2D eigenvalue weighted by Crippen LogP contribution is 2.45. The topological polar surface area (TPSA) is 237 Å². The molecule has 5 atom stereocenters. The first-order chi connectivity index (χ1) is 47.4. The third-order valence-electron chi connectivity index (χ3n) is 18.5. The maximum Gasteiger partial charge on any atom is 0.472 e. The number of phosphoric ester groups is 2. The normalized spacial score (nSPS) is 13.9. The fourth-order valence-electron chi connectivity index (χ4n) is 12.2. The Morgan fingerprint density at radius 3 is 0.694 bits per heavy atom. The summed E-state index contributed by atoms with van der Waals surface area (Å²) in [5.41, 5.74) is 0. The molecule has 0 aliphatic rings. The van der Waals surface area contributed by atoms with Crippen LogP contribution in [0.15, 0.2) is 0 Å². The number of phosphoric acid groups is 2. The van der Waals surface area contributed by atoms with Crippen LogP contribution in [0.2, 0.25) is 0 Å². The van der Waals surface area contributed by atoms with Crippen molar-refractivity contribution in [1.82, 2.24) is 0 Å². The summed E-state index contributed by atoms with van der Waals surface area (Å²) in [5.74, 6) is -0.625. The average Bonchev–Trinajstić information content (AvgIpc) is 0.980. The van der Waals surface area contributed by atoms with E-state index < -0.39 is 97.5 Å². The van der Waals surface area contributed by atoms with Gasteiger partial charge in [-0.25, -0.2) is 9.13 Å². The first-order valence-electron chi connectivity index (χ1n) is 41.0. The van der Waals surface area contributed by atoms with Crippen LogP contribution in [0.1, 0.15) is 414 Å². The molecule has 0 fully saturated rings. The maximum atomic E-state index is 13.1. The van der Waals surface area contributed by atoms with Crippen molar-refractivity contribution in [2.24, 2.45) is 11.8 Å². The molecule has 0 aliphatic heterocycles.